The maximum absolute atomic E-state index is 14.2. The molecular weight excluding hydrogens is 431 g/mol. The Morgan fingerprint density at radius 1 is 0.719 bits per heavy atom. The van der Waals surface area contributed by atoms with Gasteiger partial charge in [-0.15, -0.1) is 0 Å². The van der Waals surface area contributed by atoms with Crippen LogP contribution in [0.5, 0.6) is 0 Å². The molecule has 0 radical (unpaired) electrons. The van der Waals surface area contributed by atoms with Crippen LogP contribution in [0.3, 0.4) is 0 Å². The van der Waals surface area contributed by atoms with E-state index in [1.165, 1.54) is 0 Å². The quantitative estimate of drug-likeness (QED) is 0.270. The number of carbonyl (C=O) groups is 2. The molecule has 164 valence electrons. The van der Waals surface area contributed by atoms with Crippen molar-refractivity contribution in [2.75, 3.05) is 0 Å². The van der Waals surface area contributed by atoms with Crippen LogP contribution < -0.4 is 5.32 Å². The number of nitrogens with one attached hydrogen (secondary N) is 1. The number of halogens is 5. The Hall–Kier alpha value is -3.75. The first kappa shape index (κ1) is 21.5. The molecule has 3 amide bonds. The second kappa shape index (κ2) is 8.07. The standard InChI is InChI=1S/C23H15F5N2O2/c24-16-15(17(25)19(27)20(28)18(16)26)12-30-21(31)23(29-22(30)32,14-9-5-2-6-10-14)11-13-7-3-1-4-8-13/h1-10H,11-12H2,(H,29,32)/t23-/m0/s1. The third-order valence-electron chi connectivity index (χ3n) is 5.37. The van der Waals surface area contributed by atoms with Crippen molar-refractivity contribution in [2.24, 2.45) is 0 Å². The van der Waals surface area contributed by atoms with Crippen molar-refractivity contribution in [3.63, 3.8) is 0 Å². The zero-order valence-electron chi connectivity index (χ0n) is 16.3. The average Bonchev–Trinajstić information content (AvgIpc) is 3.05. The SMILES string of the molecule is O=C1N[C@@](Cc2ccccc2)(c2ccccc2)C(=O)N1Cc1c(F)c(F)c(F)c(F)c1F. The molecule has 3 aromatic rings. The molecule has 1 fully saturated rings. The van der Waals surface area contributed by atoms with Crippen molar-refractivity contribution in [3.05, 3.63) is 106 Å². The van der Waals surface area contributed by atoms with Crippen molar-refractivity contribution in [1.82, 2.24) is 10.2 Å². The van der Waals surface area contributed by atoms with Gasteiger partial charge in [-0.2, -0.15) is 0 Å². The van der Waals surface area contributed by atoms with Gasteiger partial charge in [-0.3, -0.25) is 9.69 Å². The third kappa shape index (κ3) is 3.39. The van der Waals surface area contributed by atoms with Crippen molar-refractivity contribution < 1.29 is 31.5 Å². The van der Waals surface area contributed by atoms with Crippen LogP contribution in [0.1, 0.15) is 16.7 Å². The fraction of sp³-hybridized carbons (Fsp3) is 0.130. The molecule has 1 aliphatic heterocycles. The Bertz CT molecular complexity index is 1180. The van der Waals surface area contributed by atoms with Gasteiger partial charge in [0.1, 0.15) is 0 Å². The molecule has 0 spiro atoms. The lowest BCUT2D eigenvalue weighted by atomic mass is 9.83. The largest absolute Gasteiger partial charge is 0.325 e. The third-order valence-corrected chi connectivity index (χ3v) is 5.37. The van der Waals surface area contributed by atoms with Crippen molar-refractivity contribution >= 4 is 11.9 Å². The summed E-state index contributed by atoms with van der Waals surface area (Å²) < 4.78 is 68.9. The van der Waals surface area contributed by atoms with Crippen LogP contribution in [0.15, 0.2) is 60.7 Å². The van der Waals surface area contributed by atoms with Crippen LogP contribution >= 0.6 is 0 Å². The summed E-state index contributed by atoms with van der Waals surface area (Å²) in [6.07, 6.45) is 0.00995. The summed E-state index contributed by atoms with van der Waals surface area (Å²) >= 11 is 0. The maximum atomic E-state index is 14.2. The Morgan fingerprint density at radius 2 is 1.22 bits per heavy atom. The highest BCUT2D eigenvalue weighted by atomic mass is 19.2. The van der Waals surface area contributed by atoms with Gasteiger partial charge < -0.3 is 5.32 Å². The number of hydrogen-bond donors (Lipinski definition) is 1. The van der Waals surface area contributed by atoms with E-state index in [1.54, 1.807) is 60.7 Å². The molecule has 1 aliphatic rings. The number of nitrogens with zero attached hydrogens (tertiary/aromatic N) is 1. The van der Waals surface area contributed by atoms with Gasteiger partial charge in [-0.25, -0.2) is 26.7 Å². The van der Waals surface area contributed by atoms with Crippen molar-refractivity contribution in [2.45, 2.75) is 18.5 Å². The number of imide groups is 1. The highest BCUT2D eigenvalue weighted by Crippen LogP contribution is 2.35. The van der Waals surface area contributed by atoms with Crippen LogP contribution in [-0.4, -0.2) is 16.8 Å². The molecular formula is C23H15F5N2O2. The number of urea groups is 1. The number of amides is 3. The van der Waals surface area contributed by atoms with E-state index >= 15 is 0 Å². The lowest BCUT2D eigenvalue weighted by Gasteiger charge is -2.27. The second-order valence-corrected chi connectivity index (χ2v) is 7.30. The van der Waals surface area contributed by atoms with Gasteiger partial charge in [0.25, 0.3) is 5.91 Å². The number of carbonyl (C=O) groups excluding carboxylic acids is 2. The minimum absolute atomic E-state index is 0.00995. The fourth-order valence-corrected chi connectivity index (χ4v) is 3.76. The van der Waals surface area contributed by atoms with Gasteiger partial charge in [0.05, 0.1) is 6.54 Å². The topological polar surface area (TPSA) is 49.4 Å². The van der Waals surface area contributed by atoms with E-state index in [2.05, 4.69) is 5.32 Å². The molecule has 3 aromatic carbocycles. The van der Waals surface area contributed by atoms with E-state index in [1.807, 2.05) is 0 Å². The predicted octanol–water partition coefficient (Wildman–Crippen LogP) is 4.57. The monoisotopic (exact) mass is 446 g/mol. The molecule has 0 aliphatic carbocycles. The van der Waals surface area contributed by atoms with Gasteiger partial charge in [0.15, 0.2) is 28.8 Å². The second-order valence-electron chi connectivity index (χ2n) is 7.30. The Balaban J connectivity index is 1.78. The zero-order valence-corrected chi connectivity index (χ0v) is 16.3. The maximum Gasteiger partial charge on any atom is 0.325 e. The molecule has 1 N–H and O–H groups in total. The van der Waals surface area contributed by atoms with Crippen LogP contribution in [0, 0.1) is 29.1 Å². The Labute approximate surface area is 179 Å². The molecule has 4 rings (SSSR count). The highest BCUT2D eigenvalue weighted by molar-refractivity contribution is 6.07. The molecule has 32 heavy (non-hydrogen) atoms. The molecule has 0 saturated carbocycles. The predicted molar refractivity (Wildman–Crippen MR) is 104 cm³/mol. The van der Waals surface area contributed by atoms with Crippen LogP contribution in [0.25, 0.3) is 0 Å². The fourth-order valence-electron chi connectivity index (χ4n) is 3.76. The van der Waals surface area contributed by atoms with Gasteiger partial charge >= 0.3 is 6.03 Å². The van der Waals surface area contributed by atoms with Crippen LogP contribution in [-0.2, 0) is 23.3 Å². The molecule has 1 atom stereocenters. The summed E-state index contributed by atoms with van der Waals surface area (Å²) in [5.74, 6) is -11.7. The summed E-state index contributed by atoms with van der Waals surface area (Å²) in [6, 6.07) is 15.9. The van der Waals surface area contributed by atoms with E-state index in [9.17, 15) is 31.5 Å². The minimum atomic E-state index is -2.32. The molecule has 1 saturated heterocycles. The molecule has 9 heteroatoms. The van der Waals surface area contributed by atoms with E-state index in [-0.39, 0.29) is 6.42 Å². The van der Waals surface area contributed by atoms with E-state index in [0.717, 1.165) is 0 Å². The summed E-state index contributed by atoms with van der Waals surface area (Å²) in [6.45, 7) is -1.13. The zero-order chi connectivity index (χ0) is 23.0. The summed E-state index contributed by atoms with van der Waals surface area (Å²) in [7, 11) is 0. The van der Waals surface area contributed by atoms with E-state index in [4.69, 9.17) is 0 Å². The first-order valence-electron chi connectivity index (χ1n) is 9.50. The summed E-state index contributed by atoms with van der Waals surface area (Å²) in [4.78, 5) is 26.6. The van der Waals surface area contributed by atoms with Gasteiger partial charge in [0, 0.05) is 12.0 Å². The lowest BCUT2D eigenvalue weighted by molar-refractivity contribution is -0.132. The first-order chi connectivity index (χ1) is 15.3. The Morgan fingerprint density at radius 3 is 1.78 bits per heavy atom. The normalized spacial score (nSPS) is 18.2. The number of rotatable bonds is 5. The van der Waals surface area contributed by atoms with E-state index < -0.39 is 58.7 Å². The van der Waals surface area contributed by atoms with Crippen LogP contribution in [0.4, 0.5) is 26.7 Å². The summed E-state index contributed by atoms with van der Waals surface area (Å²) in [5, 5.41) is 2.56. The van der Waals surface area contributed by atoms with Crippen molar-refractivity contribution in [1.29, 1.82) is 0 Å². The molecule has 0 aromatic heterocycles. The molecule has 4 nitrogen and oxygen atoms in total. The van der Waals surface area contributed by atoms with Gasteiger partial charge in [-0.05, 0) is 11.1 Å². The van der Waals surface area contributed by atoms with Gasteiger partial charge in [0.2, 0.25) is 5.82 Å². The smallest absolute Gasteiger partial charge is 0.319 e. The van der Waals surface area contributed by atoms with Crippen molar-refractivity contribution in [3.8, 4) is 0 Å². The average molecular weight is 446 g/mol. The summed E-state index contributed by atoms with van der Waals surface area (Å²) in [5.41, 5.74) is -1.80. The number of benzene rings is 3. The first-order valence-corrected chi connectivity index (χ1v) is 9.50. The minimum Gasteiger partial charge on any atom is -0.319 e. The molecule has 0 bridgehead atoms. The molecule has 0 unspecified atom stereocenters. The lowest BCUT2D eigenvalue weighted by Crippen LogP contribution is -2.46. The molecule has 1 heterocycles. The van der Waals surface area contributed by atoms with Crippen LogP contribution in [0.2, 0.25) is 0 Å². The van der Waals surface area contributed by atoms with Gasteiger partial charge in [-0.1, -0.05) is 60.7 Å². The highest BCUT2D eigenvalue weighted by Gasteiger charge is 2.52. The Kier molecular flexibility index (Phi) is 5.41. The number of hydrogen-bond acceptors (Lipinski definition) is 2. The van der Waals surface area contributed by atoms with E-state index in [0.29, 0.717) is 16.0 Å².